The lowest BCUT2D eigenvalue weighted by Gasteiger charge is -2.24. The third-order valence-electron chi connectivity index (χ3n) is 2.76. The van der Waals surface area contributed by atoms with Crippen molar-refractivity contribution in [3.05, 3.63) is 34.3 Å². The van der Waals surface area contributed by atoms with Gasteiger partial charge in [0, 0.05) is 31.7 Å². The maximum absolute atomic E-state index is 12.2. The Morgan fingerprint density at radius 1 is 1.26 bits per heavy atom. The molecule has 0 fully saturated rings. The third-order valence-corrected chi connectivity index (χ3v) is 5.14. The first-order chi connectivity index (χ1) is 8.87. The summed E-state index contributed by atoms with van der Waals surface area (Å²) in [4.78, 5) is 0. The van der Waals surface area contributed by atoms with E-state index in [1.807, 2.05) is 24.3 Å². The number of nitrogens with two attached hydrogens (primary N) is 1. The van der Waals surface area contributed by atoms with E-state index in [1.54, 1.807) is 14.1 Å². The zero-order valence-corrected chi connectivity index (χ0v) is 13.6. The Labute approximate surface area is 123 Å². The lowest BCUT2D eigenvalue weighted by molar-refractivity contribution is 0.387. The van der Waals surface area contributed by atoms with Crippen molar-refractivity contribution < 1.29 is 8.42 Å². The standard InChI is InChI=1S/C12H20BrN3O2S/c1-15(8-4-7-14)19(17,18)16(2)10-11-5-3-6-12(13)9-11/h3,5-6,9H,4,7-8,10,14H2,1-2H3. The molecule has 1 aromatic rings. The summed E-state index contributed by atoms with van der Waals surface area (Å²) in [6, 6.07) is 7.60. The molecule has 0 saturated heterocycles. The first-order valence-corrected chi connectivity index (χ1v) is 8.19. The van der Waals surface area contributed by atoms with E-state index in [0.717, 1.165) is 10.0 Å². The van der Waals surface area contributed by atoms with Crippen LogP contribution in [0.4, 0.5) is 0 Å². The molecule has 0 unspecified atom stereocenters. The Morgan fingerprint density at radius 2 is 1.95 bits per heavy atom. The molecule has 0 aliphatic heterocycles. The van der Waals surface area contributed by atoms with E-state index < -0.39 is 10.2 Å². The fourth-order valence-electron chi connectivity index (χ4n) is 1.64. The molecular formula is C12H20BrN3O2S. The number of hydrogen-bond donors (Lipinski definition) is 1. The van der Waals surface area contributed by atoms with Gasteiger partial charge < -0.3 is 5.73 Å². The summed E-state index contributed by atoms with van der Waals surface area (Å²) in [5, 5.41) is 0. The molecule has 0 spiro atoms. The Morgan fingerprint density at radius 3 is 2.53 bits per heavy atom. The molecule has 1 aromatic carbocycles. The van der Waals surface area contributed by atoms with Gasteiger partial charge in [0.1, 0.15) is 0 Å². The number of hydrogen-bond acceptors (Lipinski definition) is 3. The lowest BCUT2D eigenvalue weighted by atomic mass is 10.2. The molecule has 0 radical (unpaired) electrons. The molecule has 19 heavy (non-hydrogen) atoms. The molecule has 0 heterocycles. The van der Waals surface area contributed by atoms with Crippen LogP contribution in [0.1, 0.15) is 12.0 Å². The highest BCUT2D eigenvalue weighted by Crippen LogP contribution is 2.15. The molecule has 0 aromatic heterocycles. The monoisotopic (exact) mass is 349 g/mol. The lowest BCUT2D eigenvalue weighted by Crippen LogP contribution is -2.40. The first kappa shape index (κ1) is 16.6. The second-order valence-corrected chi connectivity index (χ2v) is 7.42. The van der Waals surface area contributed by atoms with Crippen molar-refractivity contribution in [1.29, 1.82) is 0 Å². The van der Waals surface area contributed by atoms with E-state index in [9.17, 15) is 8.42 Å². The molecule has 0 aliphatic rings. The van der Waals surface area contributed by atoms with Crippen molar-refractivity contribution in [2.75, 3.05) is 27.2 Å². The molecule has 5 nitrogen and oxygen atoms in total. The van der Waals surface area contributed by atoms with E-state index in [2.05, 4.69) is 15.9 Å². The summed E-state index contributed by atoms with van der Waals surface area (Å²) < 4.78 is 28.1. The molecule has 0 saturated carbocycles. The highest BCUT2D eigenvalue weighted by molar-refractivity contribution is 9.10. The summed E-state index contributed by atoms with van der Waals surface area (Å²) in [6.07, 6.45) is 0.653. The third kappa shape index (κ3) is 4.85. The summed E-state index contributed by atoms with van der Waals surface area (Å²) in [5.41, 5.74) is 6.33. The minimum atomic E-state index is -3.43. The first-order valence-electron chi connectivity index (χ1n) is 6.00. The molecule has 2 N–H and O–H groups in total. The largest absolute Gasteiger partial charge is 0.330 e. The van der Waals surface area contributed by atoms with Crippen LogP contribution in [0, 0.1) is 0 Å². The Kier molecular flexibility index (Phi) is 6.41. The average molecular weight is 350 g/mol. The molecule has 0 bridgehead atoms. The van der Waals surface area contributed by atoms with E-state index >= 15 is 0 Å². The van der Waals surface area contributed by atoms with Gasteiger partial charge >= 0.3 is 0 Å². The molecular weight excluding hydrogens is 330 g/mol. The fraction of sp³-hybridized carbons (Fsp3) is 0.500. The van der Waals surface area contributed by atoms with Crippen LogP contribution in [0.5, 0.6) is 0 Å². The van der Waals surface area contributed by atoms with Crippen molar-refractivity contribution in [2.45, 2.75) is 13.0 Å². The number of nitrogens with zero attached hydrogens (tertiary/aromatic N) is 2. The van der Waals surface area contributed by atoms with Gasteiger partial charge in [-0.1, -0.05) is 28.1 Å². The summed E-state index contributed by atoms with van der Waals surface area (Å²) in [7, 11) is -0.276. The number of halogens is 1. The zero-order chi connectivity index (χ0) is 14.5. The zero-order valence-electron chi connectivity index (χ0n) is 11.2. The van der Waals surface area contributed by atoms with Gasteiger partial charge in [-0.2, -0.15) is 17.0 Å². The van der Waals surface area contributed by atoms with Crippen molar-refractivity contribution in [1.82, 2.24) is 8.61 Å². The van der Waals surface area contributed by atoms with E-state index in [4.69, 9.17) is 5.73 Å². The Hall–Kier alpha value is -0.470. The summed E-state index contributed by atoms with van der Waals surface area (Å²) in [6.45, 7) is 1.26. The van der Waals surface area contributed by atoms with Crippen LogP contribution in [-0.4, -0.2) is 44.2 Å². The van der Waals surface area contributed by atoms with Gasteiger partial charge in [0.2, 0.25) is 0 Å². The van der Waals surface area contributed by atoms with Crippen molar-refractivity contribution >= 4 is 26.1 Å². The van der Waals surface area contributed by atoms with Crippen molar-refractivity contribution in [3.63, 3.8) is 0 Å². The van der Waals surface area contributed by atoms with Crippen LogP contribution in [0.2, 0.25) is 0 Å². The van der Waals surface area contributed by atoms with Gasteiger partial charge in [-0.3, -0.25) is 0 Å². The normalized spacial score (nSPS) is 12.3. The van der Waals surface area contributed by atoms with Crippen LogP contribution < -0.4 is 5.73 Å². The van der Waals surface area contributed by atoms with Gasteiger partial charge in [0.25, 0.3) is 10.2 Å². The predicted molar refractivity (Wildman–Crippen MR) is 80.8 cm³/mol. The SMILES string of the molecule is CN(CCCN)S(=O)(=O)N(C)Cc1cccc(Br)c1. The average Bonchev–Trinajstić information content (AvgIpc) is 2.35. The highest BCUT2D eigenvalue weighted by atomic mass is 79.9. The minimum absolute atomic E-state index is 0.342. The minimum Gasteiger partial charge on any atom is -0.330 e. The molecule has 1 rings (SSSR count). The van der Waals surface area contributed by atoms with E-state index in [0.29, 0.717) is 26.1 Å². The number of rotatable bonds is 7. The maximum Gasteiger partial charge on any atom is 0.281 e. The predicted octanol–water partition coefficient (Wildman–Crippen LogP) is 1.41. The van der Waals surface area contributed by atoms with Gasteiger partial charge in [0.15, 0.2) is 0 Å². The molecule has 0 atom stereocenters. The Balaban J connectivity index is 2.73. The van der Waals surface area contributed by atoms with Gasteiger partial charge in [-0.15, -0.1) is 0 Å². The molecule has 108 valence electrons. The topological polar surface area (TPSA) is 66.6 Å². The summed E-state index contributed by atoms with van der Waals surface area (Å²) in [5.74, 6) is 0. The quantitative estimate of drug-likeness (QED) is 0.809. The van der Waals surface area contributed by atoms with Crippen LogP contribution in [0.15, 0.2) is 28.7 Å². The second-order valence-electron chi connectivity index (χ2n) is 4.36. The van der Waals surface area contributed by atoms with Crippen LogP contribution in [-0.2, 0) is 16.8 Å². The van der Waals surface area contributed by atoms with Gasteiger partial charge in [-0.05, 0) is 30.7 Å². The van der Waals surface area contributed by atoms with Crippen LogP contribution >= 0.6 is 15.9 Å². The van der Waals surface area contributed by atoms with Gasteiger partial charge in [-0.25, -0.2) is 0 Å². The molecule has 0 amide bonds. The molecule has 0 aliphatic carbocycles. The van der Waals surface area contributed by atoms with Crippen LogP contribution in [0.3, 0.4) is 0 Å². The maximum atomic E-state index is 12.2. The van der Waals surface area contributed by atoms with Crippen LogP contribution in [0.25, 0.3) is 0 Å². The number of benzene rings is 1. The van der Waals surface area contributed by atoms with Gasteiger partial charge in [0.05, 0.1) is 0 Å². The smallest absolute Gasteiger partial charge is 0.281 e. The highest BCUT2D eigenvalue weighted by Gasteiger charge is 2.23. The molecule has 7 heteroatoms. The van der Waals surface area contributed by atoms with E-state index in [1.165, 1.54) is 8.61 Å². The van der Waals surface area contributed by atoms with Crippen molar-refractivity contribution in [2.24, 2.45) is 5.73 Å². The fourth-order valence-corrected chi connectivity index (χ4v) is 3.24. The Bertz CT molecular complexity index is 507. The van der Waals surface area contributed by atoms with E-state index in [-0.39, 0.29) is 0 Å². The second kappa shape index (κ2) is 7.35. The van der Waals surface area contributed by atoms with Crippen molar-refractivity contribution in [3.8, 4) is 0 Å². The summed E-state index contributed by atoms with van der Waals surface area (Å²) >= 11 is 3.37.